The number of piperidine rings is 1. The van der Waals surface area contributed by atoms with Gasteiger partial charge in [-0.15, -0.1) is 0 Å². The lowest BCUT2D eigenvalue weighted by Gasteiger charge is -2.47. The number of carbonyl (C=O) groups is 2. The minimum Gasteiger partial charge on any atom is -0.493 e. The first-order valence-corrected chi connectivity index (χ1v) is 11.8. The summed E-state index contributed by atoms with van der Waals surface area (Å²) in [5.74, 6) is 1.58. The summed E-state index contributed by atoms with van der Waals surface area (Å²) in [4.78, 5) is 27.4. The van der Waals surface area contributed by atoms with Crippen molar-refractivity contribution in [1.82, 2.24) is 9.80 Å². The number of amides is 1. The normalized spacial score (nSPS) is 23.3. The zero-order valence-electron chi connectivity index (χ0n) is 20.7. The number of carboxylic acids is 1. The van der Waals surface area contributed by atoms with Crippen LogP contribution in [0.25, 0.3) is 0 Å². The molecule has 184 valence electrons. The van der Waals surface area contributed by atoms with Gasteiger partial charge in [-0.25, -0.2) is 9.59 Å². The van der Waals surface area contributed by atoms with Crippen molar-refractivity contribution in [2.75, 3.05) is 41.0 Å². The van der Waals surface area contributed by atoms with Gasteiger partial charge in [0.15, 0.2) is 11.5 Å². The van der Waals surface area contributed by atoms with Crippen molar-refractivity contribution in [2.24, 2.45) is 17.8 Å². The van der Waals surface area contributed by atoms with Crippen molar-refractivity contribution in [1.29, 1.82) is 0 Å². The second kappa shape index (κ2) is 10.6. The van der Waals surface area contributed by atoms with E-state index in [1.165, 1.54) is 25.1 Å². The monoisotopic (exact) mass is 462 g/mol. The van der Waals surface area contributed by atoms with Crippen molar-refractivity contribution < 1.29 is 28.9 Å². The summed E-state index contributed by atoms with van der Waals surface area (Å²) in [6, 6.07) is 3.48. The predicted octanol–water partition coefficient (Wildman–Crippen LogP) is 3.83. The number of hydrogen-bond donors (Lipinski definition) is 1. The predicted molar refractivity (Wildman–Crippen MR) is 125 cm³/mol. The van der Waals surface area contributed by atoms with Crippen LogP contribution in [0.3, 0.4) is 0 Å². The number of fused-ring (bicyclic) bond motifs is 3. The van der Waals surface area contributed by atoms with Gasteiger partial charge in [-0.3, -0.25) is 9.80 Å². The third-order valence-corrected chi connectivity index (χ3v) is 7.20. The molecule has 1 aromatic carbocycles. The molecule has 3 rings (SSSR count). The number of carboxylic acid groups (broad SMARTS) is 1. The van der Waals surface area contributed by atoms with Gasteiger partial charge < -0.3 is 19.3 Å². The molecule has 0 bridgehead atoms. The molecule has 0 aliphatic carbocycles. The number of benzene rings is 1. The number of likely N-dealkylation sites (N-methyl/N-ethyl adjacent to an activating group) is 1. The van der Waals surface area contributed by atoms with Crippen molar-refractivity contribution in [3.05, 3.63) is 23.3 Å². The van der Waals surface area contributed by atoms with Gasteiger partial charge in [-0.2, -0.15) is 0 Å². The maximum Gasteiger partial charge on any atom is 0.410 e. The van der Waals surface area contributed by atoms with E-state index < -0.39 is 18.1 Å². The molecule has 1 amide bonds. The standard InChI is InChI=1S/C25H38N2O6/c1-15(2)9-18-13-27-8-7-17-11-22(31-5)23(32-6)12-20(17)21(27)10-19(18)14-33-25(30)26(4)16(3)24(28)29/h11-12,15-16,18-19,21H,7-10,13-14H2,1-6H3,(H,28,29)/t16?,18-,19+,21-/m1/s1. The molecule has 1 fully saturated rings. The van der Waals surface area contributed by atoms with Gasteiger partial charge in [0.2, 0.25) is 0 Å². The Hall–Kier alpha value is -2.48. The highest BCUT2D eigenvalue weighted by molar-refractivity contribution is 5.79. The molecule has 0 saturated carbocycles. The maximum absolute atomic E-state index is 12.5. The highest BCUT2D eigenvalue weighted by Gasteiger charge is 2.40. The number of methoxy groups -OCH3 is 2. The lowest BCUT2D eigenvalue weighted by Crippen LogP contribution is -2.48. The van der Waals surface area contributed by atoms with Gasteiger partial charge in [0, 0.05) is 26.2 Å². The molecule has 1 N–H and O–H groups in total. The van der Waals surface area contributed by atoms with Crippen LogP contribution in [-0.4, -0.2) is 74.0 Å². The van der Waals surface area contributed by atoms with Crippen LogP contribution in [0.5, 0.6) is 11.5 Å². The van der Waals surface area contributed by atoms with Crippen LogP contribution in [-0.2, 0) is 16.0 Å². The first-order chi connectivity index (χ1) is 15.7. The quantitative estimate of drug-likeness (QED) is 0.628. The maximum atomic E-state index is 12.5. The highest BCUT2D eigenvalue weighted by Crippen LogP contribution is 2.45. The topological polar surface area (TPSA) is 88.5 Å². The van der Waals surface area contributed by atoms with E-state index in [0.717, 1.165) is 48.8 Å². The number of carbonyl (C=O) groups excluding carboxylic acids is 1. The zero-order chi connectivity index (χ0) is 24.3. The molecule has 33 heavy (non-hydrogen) atoms. The van der Waals surface area contributed by atoms with E-state index in [1.54, 1.807) is 14.2 Å². The second-order valence-electron chi connectivity index (χ2n) is 9.75. The Bertz CT molecular complexity index is 858. The summed E-state index contributed by atoms with van der Waals surface area (Å²) in [6.07, 6.45) is 2.32. The molecule has 4 atom stereocenters. The first kappa shape index (κ1) is 25.1. The Kier molecular flexibility index (Phi) is 8.10. The largest absolute Gasteiger partial charge is 0.493 e. The van der Waals surface area contributed by atoms with Crippen molar-refractivity contribution in [3.63, 3.8) is 0 Å². The minimum absolute atomic E-state index is 0.199. The van der Waals surface area contributed by atoms with Gasteiger partial charge in [-0.05, 0) is 67.2 Å². The third kappa shape index (κ3) is 5.54. The fourth-order valence-electron chi connectivity index (χ4n) is 5.18. The van der Waals surface area contributed by atoms with Gasteiger partial charge in [0.25, 0.3) is 0 Å². The summed E-state index contributed by atoms with van der Waals surface area (Å²) < 4.78 is 16.7. The number of ether oxygens (including phenoxy) is 3. The van der Waals surface area contributed by atoms with E-state index in [2.05, 4.69) is 30.9 Å². The van der Waals surface area contributed by atoms with Gasteiger partial charge in [0.1, 0.15) is 6.04 Å². The summed E-state index contributed by atoms with van der Waals surface area (Å²) in [5.41, 5.74) is 2.54. The lowest BCUT2D eigenvalue weighted by atomic mass is 9.74. The van der Waals surface area contributed by atoms with Crippen LogP contribution < -0.4 is 9.47 Å². The van der Waals surface area contributed by atoms with Crippen LogP contribution in [0.15, 0.2) is 12.1 Å². The van der Waals surface area contributed by atoms with Gasteiger partial charge in [-0.1, -0.05) is 13.8 Å². The summed E-state index contributed by atoms with van der Waals surface area (Å²) in [7, 11) is 4.77. The summed E-state index contributed by atoms with van der Waals surface area (Å²) >= 11 is 0. The molecule has 0 aromatic heterocycles. The van der Waals surface area contributed by atoms with E-state index in [4.69, 9.17) is 14.2 Å². The Labute approximate surface area is 196 Å². The van der Waals surface area contributed by atoms with Crippen LogP contribution in [0, 0.1) is 17.8 Å². The molecular formula is C25H38N2O6. The van der Waals surface area contributed by atoms with Crippen molar-refractivity contribution in [3.8, 4) is 11.5 Å². The van der Waals surface area contributed by atoms with E-state index in [9.17, 15) is 14.7 Å². The van der Waals surface area contributed by atoms with Gasteiger partial charge >= 0.3 is 12.1 Å². The smallest absolute Gasteiger partial charge is 0.410 e. The molecule has 2 aliphatic rings. The van der Waals surface area contributed by atoms with Crippen LogP contribution in [0.2, 0.25) is 0 Å². The van der Waals surface area contributed by atoms with E-state index in [-0.39, 0.29) is 12.0 Å². The molecule has 0 radical (unpaired) electrons. The third-order valence-electron chi connectivity index (χ3n) is 7.20. The molecule has 1 saturated heterocycles. The van der Waals surface area contributed by atoms with E-state index in [1.807, 2.05) is 0 Å². The molecule has 8 nitrogen and oxygen atoms in total. The zero-order valence-corrected chi connectivity index (χ0v) is 20.7. The number of rotatable bonds is 8. The SMILES string of the molecule is COc1cc2c(cc1OC)[C@H]1C[C@@H](COC(=O)N(C)C(C)C(=O)O)[C@H](CC(C)C)CN1CC2. The Balaban J connectivity index is 1.80. The highest BCUT2D eigenvalue weighted by atomic mass is 16.6. The van der Waals surface area contributed by atoms with Crippen LogP contribution >= 0.6 is 0 Å². The Morgan fingerprint density at radius 3 is 2.42 bits per heavy atom. The summed E-state index contributed by atoms with van der Waals surface area (Å²) in [5, 5.41) is 9.19. The fourth-order valence-corrected chi connectivity index (χ4v) is 5.18. The number of hydrogen-bond acceptors (Lipinski definition) is 6. The average Bonchev–Trinajstić information content (AvgIpc) is 2.79. The lowest BCUT2D eigenvalue weighted by molar-refractivity contribution is -0.141. The van der Waals surface area contributed by atoms with Gasteiger partial charge in [0.05, 0.1) is 20.8 Å². The van der Waals surface area contributed by atoms with Crippen LogP contribution in [0.1, 0.15) is 50.8 Å². The Morgan fingerprint density at radius 2 is 1.82 bits per heavy atom. The number of nitrogens with zero attached hydrogens (tertiary/aromatic N) is 2. The molecule has 2 aliphatic heterocycles. The van der Waals surface area contributed by atoms with Crippen molar-refractivity contribution >= 4 is 12.1 Å². The molecule has 0 spiro atoms. The fraction of sp³-hybridized carbons (Fsp3) is 0.680. The second-order valence-corrected chi connectivity index (χ2v) is 9.75. The summed E-state index contributed by atoms with van der Waals surface area (Å²) in [6.45, 7) is 8.16. The molecular weight excluding hydrogens is 424 g/mol. The molecule has 2 heterocycles. The average molecular weight is 463 g/mol. The molecule has 1 unspecified atom stereocenters. The van der Waals surface area contributed by atoms with Crippen LogP contribution in [0.4, 0.5) is 4.79 Å². The molecule has 8 heteroatoms. The number of aliphatic carboxylic acids is 1. The Morgan fingerprint density at radius 1 is 1.15 bits per heavy atom. The molecule has 1 aromatic rings. The van der Waals surface area contributed by atoms with E-state index in [0.29, 0.717) is 18.4 Å². The van der Waals surface area contributed by atoms with E-state index >= 15 is 0 Å². The minimum atomic E-state index is -1.05. The van der Waals surface area contributed by atoms with Crippen molar-refractivity contribution in [2.45, 2.75) is 52.1 Å². The first-order valence-electron chi connectivity index (χ1n) is 11.8.